The van der Waals surface area contributed by atoms with E-state index in [2.05, 4.69) is 25.7 Å². The summed E-state index contributed by atoms with van der Waals surface area (Å²) in [4.78, 5) is 14.4. The highest BCUT2D eigenvalue weighted by Crippen LogP contribution is 2.30. The second kappa shape index (κ2) is 7.88. The zero-order valence-electron chi connectivity index (χ0n) is 13.1. The van der Waals surface area contributed by atoms with Crippen LogP contribution in [0.4, 0.5) is 0 Å². The van der Waals surface area contributed by atoms with E-state index in [9.17, 15) is 4.79 Å². The van der Waals surface area contributed by atoms with Gasteiger partial charge in [0.05, 0.1) is 0 Å². The lowest BCUT2D eigenvalue weighted by Crippen LogP contribution is -2.32. The van der Waals surface area contributed by atoms with E-state index in [1.54, 1.807) is 0 Å². The molecule has 1 rings (SSSR count). The van der Waals surface area contributed by atoms with Gasteiger partial charge in [-0.25, -0.2) is 0 Å². The van der Waals surface area contributed by atoms with Gasteiger partial charge < -0.3 is 10.6 Å². The van der Waals surface area contributed by atoms with Crippen molar-refractivity contribution < 1.29 is 4.79 Å². The Kier molecular flexibility index (Phi) is 6.84. The van der Waals surface area contributed by atoms with Crippen molar-refractivity contribution in [3.8, 4) is 0 Å². The quantitative estimate of drug-likeness (QED) is 0.804. The Morgan fingerprint density at radius 1 is 1.26 bits per heavy atom. The fourth-order valence-electron chi connectivity index (χ4n) is 2.95. The van der Waals surface area contributed by atoms with Crippen molar-refractivity contribution in [2.75, 3.05) is 19.6 Å². The highest BCUT2D eigenvalue weighted by Gasteiger charge is 2.25. The predicted molar refractivity (Wildman–Crippen MR) is 80.9 cm³/mol. The smallest absolute Gasteiger partial charge is 0.222 e. The summed E-state index contributed by atoms with van der Waals surface area (Å²) in [6.45, 7) is 9.46. The summed E-state index contributed by atoms with van der Waals surface area (Å²) in [6, 6.07) is 0. The fourth-order valence-corrected chi connectivity index (χ4v) is 2.95. The standard InChI is InChI=1S/C16H32N2O/c1-4-14(8-11-17)6-7-15(19)18-12-5-9-16(2,3)10-13-18/h14H,4-13,17H2,1-3H3. The van der Waals surface area contributed by atoms with E-state index < -0.39 is 0 Å². The third-order valence-corrected chi connectivity index (χ3v) is 4.61. The molecule has 0 aromatic heterocycles. The molecule has 0 saturated carbocycles. The first-order chi connectivity index (χ1) is 8.98. The highest BCUT2D eigenvalue weighted by molar-refractivity contribution is 5.76. The van der Waals surface area contributed by atoms with Crippen LogP contribution in [0.5, 0.6) is 0 Å². The van der Waals surface area contributed by atoms with Crippen LogP contribution in [0.15, 0.2) is 0 Å². The van der Waals surface area contributed by atoms with Gasteiger partial charge >= 0.3 is 0 Å². The normalized spacial score (nSPS) is 20.9. The molecule has 3 heteroatoms. The van der Waals surface area contributed by atoms with Gasteiger partial charge in [0, 0.05) is 19.5 Å². The fraction of sp³-hybridized carbons (Fsp3) is 0.938. The Labute approximate surface area is 118 Å². The van der Waals surface area contributed by atoms with E-state index in [1.165, 1.54) is 6.42 Å². The number of hydrogen-bond donors (Lipinski definition) is 1. The monoisotopic (exact) mass is 268 g/mol. The van der Waals surface area contributed by atoms with Gasteiger partial charge in [-0.2, -0.15) is 0 Å². The lowest BCUT2D eigenvalue weighted by Gasteiger charge is -2.24. The molecular formula is C16H32N2O. The van der Waals surface area contributed by atoms with Crippen LogP contribution in [0.25, 0.3) is 0 Å². The van der Waals surface area contributed by atoms with Gasteiger partial charge in [-0.1, -0.05) is 27.2 Å². The second-order valence-corrected chi connectivity index (χ2v) is 6.79. The van der Waals surface area contributed by atoms with Crippen molar-refractivity contribution >= 4 is 5.91 Å². The highest BCUT2D eigenvalue weighted by atomic mass is 16.2. The zero-order chi connectivity index (χ0) is 14.3. The number of carbonyl (C=O) groups excluding carboxylic acids is 1. The summed E-state index contributed by atoms with van der Waals surface area (Å²) >= 11 is 0. The lowest BCUT2D eigenvalue weighted by atomic mass is 9.85. The van der Waals surface area contributed by atoms with Gasteiger partial charge in [0.25, 0.3) is 0 Å². The minimum Gasteiger partial charge on any atom is -0.343 e. The molecular weight excluding hydrogens is 236 g/mol. The Balaban J connectivity index is 2.36. The maximum absolute atomic E-state index is 12.3. The molecule has 0 radical (unpaired) electrons. The third-order valence-electron chi connectivity index (χ3n) is 4.61. The van der Waals surface area contributed by atoms with Crippen molar-refractivity contribution in [2.24, 2.45) is 17.1 Å². The Morgan fingerprint density at radius 3 is 2.63 bits per heavy atom. The molecule has 1 aliphatic rings. The van der Waals surface area contributed by atoms with Gasteiger partial charge in [-0.05, 0) is 50.0 Å². The summed E-state index contributed by atoms with van der Waals surface area (Å²) in [7, 11) is 0. The summed E-state index contributed by atoms with van der Waals surface area (Å²) in [5.74, 6) is 0.977. The van der Waals surface area contributed by atoms with Gasteiger partial charge in [0.2, 0.25) is 5.91 Å². The van der Waals surface area contributed by atoms with Crippen LogP contribution in [0.1, 0.15) is 65.7 Å². The number of carbonyl (C=O) groups is 1. The average molecular weight is 268 g/mol. The van der Waals surface area contributed by atoms with Gasteiger partial charge in [-0.15, -0.1) is 0 Å². The van der Waals surface area contributed by atoms with Gasteiger partial charge in [-0.3, -0.25) is 4.79 Å². The van der Waals surface area contributed by atoms with Crippen LogP contribution in [-0.4, -0.2) is 30.4 Å². The van der Waals surface area contributed by atoms with Gasteiger partial charge in [0.15, 0.2) is 0 Å². The molecule has 3 nitrogen and oxygen atoms in total. The zero-order valence-corrected chi connectivity index (χ0v) is 13.1. The van der Waals surface area contributed by atoms with Gasteiger partial charge in [0.1, 0.15) is 0 Å². The number of amides is 1. The molecule has 0 aromatic carbocycles. The summed E-state index contributed by atoms with van der Waals surface area (Å²) in [5, 5.41) is 0. The molecule has 1 amide bonds. The minimum absolute atomic E-state index is 0.355. The maximum atomic E-state index is 12.3. The molecule has 0 spiro atoms. The summed E-state index contributed by atoms with van der Waals surface area (Å²) in [6.07, 6.45) is 7.43. The predicted octanol–water partition coefficient (Wildman–Crippen LogP) is 3.18. The summed E-state index contributed by atoms with van der Waals surface area (Å²) in [5.41, 5.74) is 6.01. The first-order valence-electron chi connectivity index (χ1n) is 7.96. The first-order valence-corrected chi connectivity index (χ1v) is 7.96. The second-order valence-electron chi connectivity index (χ2n) is 6.79. The molecule has 0 aliphatic carbocycles. The number of nitrogens with zero attached hydrogens (tertiary/aromatic N) is 1. The molecule has 19 heavy (non-hydrogen) atoms. The first kappa shape index (κ1) is 16.5. The molecule has 2 N–H and O–H groups in total. The SMILES string of the molecule is CCC(CCN)CCC(=O)N1CCCC(C)(C)CC1. The van der Waals surface area contributed by atoms with Crippen molar-refractivity contribution in [3.63, 3.8) is 0 Å². The van der Waals surface area contributed by atoms with E-state index in [0.717, 1.165) is 51.7 Å². The lowest BCUT2D eigenvalue weighted by molar-refractivity contribution is -0.131. The van der Waals surface area contributed by atoms with E-state index in [4.69, 9.17) is 5.73 Å². The van der Waals surface area contributed by atoms with Crippen LogP contribution < -0.4 is 5.73 Å². The Morgan fingerprint density at radius 2 is 2.00 bits per heavy atom. The van der Waals surface area contributed by atoms with Crippen molar-refractivity contribution in [2.45, 2.75) is 65.7 Å². The topological polar surface area (TPSA) is 46.3 Å². The molecule has 1 fully saturated rings. The molecule has 112 valence electrons. The largest absolute Gasteiger partial charge is 0.343 e. The summed E-state index contributed by atoms with van der Waals surface area (Å²) < 4.78 is 0. The molecule has 1 aliphatic heterocycles. The Hall–Kier alpha value is -0.570. The molecule has 1 unspecified atom stereocenters. The van der Waals surface area contributed by atoms with E-state index in [1.807, 2.05) is 0 Å². The molecule has 0 bridgehead atoms. The molecule has 0 aromatic rings. The third kappa shape index (κ3) is 5.94. The number of nitrogens with two attached hydrogens (primary N) is 1. The molecule has 1 saturated heterocycles. The maximum Gasteiger partial charge on any atom is 0.222 e. The Bertz CT molecular complexity index is 276. The van der Waals surface area contributed by atoms with Crippen molar-refractivity contribution in [1.82, 2.24) is 4.90 Å². The van der Waals surface area contributed by atoms with Crippen LogP contribution in [-0.2, 0) is 4.79 Å². The van der Waals surface area contributed by atoms with Crippen LogP contribution in [0, 0.1) is 11.3 Å². The number of likely N-dealkylation sites (tertiary alicyclic amines) is 1. The van der Waals surface area contributed by atoms with E-state index in [-0.39, 0.29) is 0 Å². The number of hydrogen-bond acceptors (Lipinski definition) is 2. The average Bonchev–Trinajstić information content (AvgIpc) is 2.55. The van der Waals surface area contributed by atoms with E-state index >= 15 is 0 Å². The van der Waals surface area contributed by atoms with Crippen LogP contribution in [0.3, 0.4) is 0 Å². The molecule has 1 atom stereocenters. The van der Waals surface area contributed by atoms with Crippen molar-refractivity contribution in [1.29, 1.82) is 0 Å². The number of rotatable bonds is 6. The van der Waals surface area contributed by atoms with Crippen LogP contribution in [0.2, 0.25) is 0 Å². The minimum atomic E-state index is 0.355. The van der Waals surface area contributed by atoms with Crippen molar-refractivity contribution in [3.05, 3.63) is 0 Å². The van der Waals surface area contributed by atoms with E-state index in [0.29, 0.717) is 23.7 Å². The van der Waals surface area contributed by atoms with Crippen LogP contribution >= 0.6 is 0 Å². The molecule has 1 heterocycles.